The van der Waals surface area contributed by atoms with Gasteiger partial charge >= 0.3 is 0 Å². The van der Waals surface area contributed by atoms with Gasteiger partial charge in [-0.15, -0.1) is 0 Å². The molecule has 96 valence electrons. The molecule has 1 aliphatic rings. The van der Waals surface area contributed by atoms with E-state index < -0.39 is 0 Å². The first kappa shape index (κ1) is 14.0. The fourth-order valence-corrected chi connectivity index (χ4v) is 2.35. The third kappa shape index (κ3) is 5.86. The second-order valence-corrected chi connectivity index (χ2v) is 6.22. The molecule has 1 aliphatic heterocycles. The number of hydrogen-bond acceptors (Lipinski definition) is 2. The Labute approximate surface area is 101 Å². The summed E-state index contributed by atoms with van der Waals surface area (Å²) in [6.07, 6.45) is 6.79. The van der Waals surface area contributed by atoms with Gasteiger partial charge in [0.2, 0.25) is 0 Å². The maximum Gasteiger partial charge on any atom is 0.0590 e. The lowest BCUT2D eigenvalue weighted by Crippen LogP contribution is -2.33. The van der Waals surface area contributed by atoms with Crippen LogP contribution in [0.5, 0.6) is 0 Å². The Morgan fingerprint density at radius 1 is 1.38 bits per heavy atom. The summed E-state index contributed by atoms with van der Waals surface area (Å²) >= 11 is 0. The van der Waals surface area contributed by atoms with Gasteiger partial charge in [-0.25, -0.2) is 0 Å². The molecule has 2 atom stereocenters. The topological polar surface area (TPSA) is 21.3 Å². The molecular formula is C14H29NO. The summed E-state index contributed by atoms with van der Waals surface area (Å²) in [6, 6.07) is 0.646. The first-order valence-electron chi connectivity index (χ1n) is 6.86. The van der Waals surface area contributed by atoms with Crippen molar-refractivity contribution in [3.8, 4) is 0 Å². The van der Waals surface area contributed by atoms with Crippen LogP contribution in [-0.2, 0) is 4.74 Å². The molecule has 0 bridgehead atoms. The Hall–Kier alpha value is -0.0800. The Kier molecular flexibility index (Phi) is 5.77. The van der Waals surface area contributed by atoms with Crippen molar-refractivity contribution in [3.05, 3.63) is 0 Å². The van der Waals surface area contributed by atoms with Gasteiger partial charge in [0.1, 0.15) is 0 Å². The number of nitrogens with one attached hydrogen (secondary N) is 1. The molecule has 1 fully saturated rings. The zero-order valence-corrected chi connectivity index (χ0v) is 11.5. The van der Waals surface area contributed by atoms with Crippen LogP contribution in [0, 0.1) is 5.41 Å². The van der Waals surface area contributed by atoms with Gasteiger partial charge in [-0.3, -0.25) is 0 Å². The van der Waals surface area contributed by atoms with Crippen LogP contribution in [0.2, 0.25) is 0 Å². The molecule has 0 radical (unpaired) electrons. The Bertz CT molecular complexity index is 180. The maximum atomic E-state index is 5.72. The summed E-state index contributed by atoms with van der Waals surface area (Å²) in [5.74, 6) is 0. The van der Waals surface area contributed by atoms with Crippen LogP contribution >= 0.6 is 0 Å². The van der Waals surface area contributed by atoms with Crippen molar-refractivity contribution in [3.63, 3.8) is 0 Å². The summed E-state index contributed by atoms with van der Waals surface area (Å²) in [5, 5.41) is 3.60. The fraction of sp³-hybridized carbons (Fsp3) is 1.00. The van der Waals surface area contributed by atoms with E-state index in [1.165, 1.54) is 32.1 Å². The lowest BCUT2D eigenvalue weighted by Gasteiger charge is -2.25. The summed E-state index contributed by atoms with van der Waals surface area (Å²) in [7, 11) is 0. The average molecular weight is 227 g/mol. The number of hydrogen-bond donors (Lipinski definition) is 1. The van der Waals surface area contributed by atoms with Crippen LogP contribution in [0.3, 0.4) is 0 Å². The van der Waals surface area contributed by atoms with E-state index in [2.05, 4.69) is 33.0 Å². The highest BCUT2D eigenvalue weighted by Gasteiger charge is 2.21. The van der Waals surface area contributed by atoms with Crippen LogP contribution in [0.25, 0.3) is 0 Å². The summed E-state index contributed by atoms with van der Waals surface area (Å²) in [5.41, 5.74) is 0.449. The lowest BCUT2D eigenvalue weighted by atomic mass is 9.87. The van der Waals surface area contributed by atoms with Crippen LogP contribution in [0.15, 0.2) is 0 Å². The summed E-state index contributed by atoms with van der Waals surface area (Å²) < 4.78 is 5.72. The molecule has 2 unspecified atom stereocenters. The van der Waals surface area contributed by atoms with Gasteiger partial charge in [0.25, 0.3) is 0 Å². The van der Waals surface area contributed by atoms with E-state index >= 15 is 0 Å². The minimum atomic E-state index is 0.449. The second-order valence-electron chi connectivity index (χ2n) is 6.22. The van der Waals surface area contributed by atoms with E-state index in [9.17, 15) is 0 Å². The van der Waals surface area contributed by atoms with Gasteiger partial charge in [-0.1, -0.05) is 27.7 Å². The van der Waals surface area contributed by atoms with Crippen molar-refractivity contribution in [1.29, 1.82) is 0 Å². The van der Waals surface area contributed by atoms with Gasteiger partial charge in [0.15, 0.2) is 0 Å². The van der Waals surface area contributed by atoms with E-state index in [1.807, 2.05) is 0 Å². The van der Waals surface area contributed by atoms with Gasteiger partial charge in [-0.05, 0) is 44.1 Å². The van der Waals surface area contributed by atoms with E-state index in [0.29, 0.717) is 17.6 Å². The van der Waals surface area contributed by atoms with E-state index in [1.54, 1.807) is 0 Å². The van der Waals surface area contributed by atoms with E-state index in [0.717, 1.165) is 13.2 Å². The molecule has 1 saturated heterocycles. The standard InChI is InChI=1S/C14H29NO/c1-5-15-12(8-9-14(2,3)4)11-13-7-6-10-16-13/h12-13,15H,5-11H2,1-4H3. The van der Waals surface area contributed by atoms with Crippen molar-refractivity contribution in [2.75, 3.05) is 13.2 Å². The Balaban J connectivity index is 2.28. The molecule has 1 heterocycles. The molecule has 1 N–H and O–H groups in total. The molecule has 16 heavy (non-hydrogen) atoms. The van der Waals surface area contributed by atoms with Crippen molar-refractivity contribution in [1.82, 2.24) is 5.32 Å². The molecule has 2 heteroatoms. The highest BCUT2D eigenvalue weighted by Crippen LogP contribution is 2.24. The molecule has 0 aromatic carbocycles. The quantitative estimate of drug-likeness (QED) is 0.751. The molecule has 1 rings (SSSR count). The average Bonchev–Trinajstić information content (AvgIpc) is 2.66. The monoisotopic (exact) mass is 227 g/mol. The molecule has 0 amide bonds. The minimum absolute atomic E-state index is 0.449. The SMILES string of the molecule is CCNC(CCC(C)(C)C)CC1CCCO1. The number of ether oxygens (including phenoxy) is 1. The Morgan fingerprint density at radius 3 is 2.62 bits per heavy atom. The van der Waals surface area contributed by atoms with Gasteiger partial charge in [0, 0.05) is 12.6 Å². The zero-order valence-electron chi connectivity index (χ0n) is 11.5. The smallest absolute Gasteiger partial charge is 0.0590 e. The van der Waals surface area contributed by atoms with Crippen LogP contribution in [-0.4, -0.2) is 25.3 Å². The molecule has 0 spiro atoms. The van der Waals surface area contributed by atoms with Gasteiger partial charge in [-0.2, -0.15) is 0 Å². The lowest BCUT2D eigenvalue weighted by molar-refractivity contribution is 0.0922. The van der Waals surface area contributed by atoms with Gasteiger partial charge in [0.05, 0.1) is 6.10 Å². The Morgan fingerprint density at radius 2 is 2.12 bits per heavy atom. The van der Waals surface area contributed by atoms with Gasteiger partial charge < -0.3 is 10.1 Å². The zero-order chi connectivity index (χ0) is 12.0. The van der Waals surface area contributed by atoms with Crippen LogP contribution < -0.4 is 5.32 Å². The third-order valence-electron chi connectivity index (χ3n) is 3.31. The predicted octanol–water partition coefficient (Wildman–Crippen LogP) is 3.36. The highest BCUT2D eigenvalue weighted by molar-refractivity contribution is 4.77. The van der Waals surface area contributed by atoms with E-state index in [4.69, 9.17) is 4.74 Å². The molecule has 0 aromatic rings. The second kappa shape index (κ2) is 6.61. The minimum Gasteiger partial charge on any atom is -0.378 e. The molecular weight excluding hydrogens is 198 g/mol. The van der Waals surface area contributed by atoms with E-state index in [-0.39, 0.29) is 0 Å². The summed E-state index contributed by atoms with van der Waals surface area (Å²) in [6.45, 7) is 11.2. The van der Waals surface area contributed by atoms with Crippen molar-refractivity contribution in [2.45, 2.75) is 71.9 Å². The molecule has 2 nitrogen and oxygen atoms in total. The van der Waals surface area contributed by atoms with Crippen LogP contribution in [0.1, 0.15) is 59.8 Å². The normalized spacial score (nSPS) is 23.6. The first-order valence-corrected chi connectivity index (χ1v) is 6.86. The van der Waals surface area contributed by atoms with Crippen LogP contribution in [0.4, 0.5) is 0 Å². The molecule has 0 aliphatic carbocycles. The predicted molar refractivity (Wildman–Crippen MR) is 69.7 cm³/mol. The fourth-order valence-electron chi connectivity index (χ4n) is 2.35. The third-order valence-corrected chi connectivity index (χ3v) is 3.31. The van der Waals surface area contributed by atoms with Crippen molar-refractivity contribution in [2.24, 2.45) is 5.41 Å². The molecule has 0 aromatic heterocycles. The van der Waals surface area contributed by atoms with Crippen molar-refractivity contribution >= 4 is 0 Å². The maximum absolute atomic E-state index is 5.72. The molecule has 0 saturated carbocycles. The highest BCUT2D eigenvalue weighted by atomic mass is 16.5. The summed E-state index contributed by atoms with van der Waals surface area (Å²) in [4.78, 5) is 0. The van der Waals surface area contributed by atoms with Crippen molar-refractivity contribution < 1.29 is 4.74 Å². The first-order chi connectivity index (χ1) is 7.51. The number of rotatable bonds is 6. The largest absolute Gasteiger partial charge is 0.378 e.